The Bertz CT molecular complexity index is 887. The first-order valence-electron chi connectivity index (χ1n) is 7.87. The van der Waals surface area contributed by atoms with Crippen molar-refractivity contribution in [2.24, 2.45) is 0 Å². The highest BCUT2D eigenvalue weighted by atomic mass is 16.5. The molecule has 5 heteroatoms. The number of carbonyl (C=O) groups excluding carboxylic acids is 1. The van der Waals surface area contributed by atoms with Gasteiger partial charge in [0, 0.05) is 29.8 Å². The summed E-state index contributed by atoms with van der Waals surface area (Å²) in [5.41, 5.74) is 3.34. The molecule has 2 aromatic heterocycles. The zero-order valence-electron chi connectivity index (χ0n) is 13.3. The van der Waals surface area contributed by atoms with E-state index in [0.29, 0.717) is 24.6 Å². The summed E-state index contributed by atoms with van der Waals surface area (Å²) >= 11 is 0. The third-order valence-electron chi connectivity index (χ3n) is 4.05. The Morgan fingerprint density at radius 2 is 2.00 bits per heavy atom. The van der Waals surface area contributed by atoms with Gasteiger partial charge in [-0.1, -0.05) is 6.07 Å². The Hall–Kier alpha value is -3.08. The molecule has 0 bridgehead atoms. The van der Waals surface area contributed by atoms with Gasteiger partial charge < -0.3 is 14.2 Å². The summed E-state index contributed by atoms with van der Waals surface area (Å²) in [5, 5.41) is 0. The average molecular weight is 319 g/mol. The second-order valence-corrected chi connectivity index (χ2v) is 5.78. The molecule has 5 nitrogen and oxygen atoms in total. The minimum absolute atomic E-state index is 0.0408. The van der Waals surface area contributed by atoms with E-state index in [4.69, 9.17) is 4.74 Å². The van der Waals surface area contributed by atoms with E-state index in [1.807, 2.05) is 66.3 Å². The van der Waals surface area contributed by atoms with Gasteiger partial charge in [0.05, 0.1) is 6.54 Å². The third-order valence-corrected chi connectivity index (χ3v) is 4.05. The van der Waals surface area contributed by atoms with Crippen molar-refractivity contribution in [1.82, 2.24) is 9.55 Å². The molecule has 1 aromatic carbocycles. The highest BCUT2D eigenvalue weighted by molar-refractivity contribution is 6.07. The molecule has 1 aliphatic heterocycles. The second-order valence-electron chi connectivity index (χ2n) is 5.78. The molecule has 0 unspecified atom stereocenters. The van der Waals surface area contributed by atoms with E-state index in [2.05, 4.69) is 4.98 Å². The van der Waals surface area contributed by atoms with Gasteiger partial charge in [0.1, 0.15) is 12.3 Å². The maximum Gasteiger partial charge on any atom is 0.258 e. The number of rotatable bonds is 2. The van der Waals surface area contributed by atoms with Gasteiger partial charge in [-0.25, -0.2) is 4.98 Å². The predicted molar refractivity (Wildman–Crippen MR) is 91.9 cm³/mol. The van der Waals surface area contributed by atoms with Gasteiger partial charge in [-0.15, -0.1) is 0 Å². The lowest BCUT2D eigenvalue weighted by Crippen LogP contribution is -2.38. The molecule has 0 radical (unpaired) electrons. The van der Waals surface area contributed by atoms with Crippen LogP contribution < -0.4 is 9.64 Å². The van der Waals surface area contributed by atoms with E-state index in [9.17, 15) is 4.79 Å². The first-order chi connectivity index (χ1) is 11.7. The van der Waals surface area contributed by atoms with Crippen molar-refractivity contribution in [2.75, 3.05) is 18.1 Å². The van der Waals surface area contributed by atoms with Crippen molar-refractivity contribution in [2.45, 2.75) is 6.92 Å². The van der Waals surface area contributed by atoms with Crippen molar-refractivity contribution in [3.05, 3.63) is 72.2 Å². The number of nitrogens with zero attached hydrogens (tertiary/aromatic N) is 3. The van der Waals surface area contributed by atoms with Crippen LogP contribution >= 0.6 is 0 Å². The van der Waals surface area contributed by atoms with Gasteiger partial charge in [-0.3, -0.25) is 4.79 Å². The fourth-order valence-electron chi connectivity index (χ4n) is 2.87. The summed E-state index contributed by atoms with van der Waals surface area (Å²) in [6.07, 6.45) is 5.67. The highest BCUT2D eigenvalue weighted by Crippen LogP contribution is 2.31. The van der Waals surface area contributed by atoms with Crippen LogP contribution in [0.25, 0.3) is 5.69 Å². The van der Waals surface area contributed by atoms with E-state index in [0.717, 1.165) is 16.9 Å². The van der Waals surface area contributed by atoms with Crippen molar-refractivity contribution >= 4 is 11.6 Å². The SMILES string of the molecule is Cc1cnc2c(c1)N(C(=O)c1cccc(-n3cccc3)c1)CCO2. The number of pyridine rings is 1. The number of fused-ring (bicyclic) bond motifs is 1. The molecule has 4 rings (SSSR count). The van der Waals surface area contributed by atoms with Crippen LogP contribution in [0.5, 0.6) is 5.88 Å². The van der Waals surface area contributed by atoms with Gasteiger partial charge in [-0.2, -0.15) is 0 Å². The Morgan fingerprint density at radius 3 is 2.83 bits per heavy atom. The van der Waals surface area contributed by atoms with Crippen molar-refractivity contribution in [3.63, 3.8) is 0 Å². The summed E-state index contributed by atoms with van der Waals surface area (Å²) in [6, 6.07) is 13.5. The van der Waals surface area contributed by atoms with Crippen LogP contribution in [-0.2, 0) is 0 Å². The quantitative estimate of drug-likeness (QED) is 0.728. The summed E-state index contributed by atoms with van der Waals surface area (Å²) in [7, 11) is 0. The average Bonchev–Trinajstić information content (AvgIpc) is 3.15. The van der Waals surface area contributed by atoms with Crippen LogP contribution in [0.1, 0.15) is 15.9 Å². The molecule has 0 saturated heterocycles. The molecule has 1 aliphatic rings. The normalized spacial score (nSPS) is 13.3. The number of aromatic nitrogens is 2. The molecular formula is C19H17N3O2. The van der Waals surface area contributed by atoms with Crippen LogP contribution in [0.3, 0.4) is 0 Å². The zero-order valence-corrected chi connectivity index (χ0v) is 13.3. The van der Waals surface area contributed by atoms with Gasteiger partial charge in [0.2, 0.25) is 5.88 Å². The lowest BCUT2D eigenvalue weighted by atomic mass is 10.1. The number of carbonyl (C=O) groups is 1. The van der Waals surface area contributed by atoms with Gasteiger partial charge in [-0.05, 0) is 48.9 Å². The standard InChI is InChI=1S/C19H17N3O2/c1-14-11-17-18(20-13-14)24-10-9-22(17)19(23)15-5-4-6-16(12-15)21-7-2-3-8-21/h2-8,11-13H,9-10H2,1H3. The molecule has 0 N–H and O–H groups in total. The molecule has 3 heterocycles. The zero-order chi connectivity index (χ0) is 16.5. The summed E-state index contributed by atoms with van der Waals surface area (Å²) in [4.78, 5) is 19.1. The lowest BCUT2D eigenvalue weighted by Gasteiger charge is -2.29. The number of aryl methyl sites for hydroxylation is 1. The van der Waals surface area contributed by atoms with Crippen molar-refractivity contribution < 1.29 is 9.53 Å². The maximum absolute atomic E-state index is 13.0. The number of ether oxygens (including phenoxy) is 1. The fraction of sp³-hybridized carbons (Fsp3) is 0.158. The maximum atomic E-state index is 13.0. The molecule has 0 fully saturated rings. The lowest BCUT2D eigenvalue weighted by molar-refractivity contribution is 0.0975. The van der Waals surface area contributed by atoms with E-state index >= 15 is 0 Å². The van der Waals surface area contributed by atoms with Crippen LogP contribution in [0, 0.1) is 6.92 Å². The summed E-state index contributed by atoms with van der Waals surface area (Å²) in [6.45, 7) is 2.92. The highest BCUT2D eigenvalue weighted by Gasteiger charge is 2.26. The second kappa shape index (κ2) is 5.85. The summed E-state index contributed by atoms with van der Waals surface area (Å²) in [5.74, 6) is 0.475. The largest absolute Gasteiger partial charge is 0.474 e. The fourth-order valence-corrected chi connectivity index (χ4v) is 2.87. The van der Waals surface area contributed by atoms with E-state index in [1.54, 1.807) is 11.1 Å². The van der Waals surface area contributed by atoms with Crippen molar-refractivity contribution in [3.8, 4) is 11.6 Å². The van der Waals surface area contributed by atoms with E-state index in [-0.39, 0.29) is 5.91 Å². The number of amides is 1. The van der Waals surface area contributed by atoms with Crippen LogP contribution in [0.2, 0.25) is 0 Å². The van der Waals surface area contributed by atoms with E-state index in [1.165, 1.54) is 0 Å². The number of hydrogen-bond acceptors (Lipinski definition) is 3. The molecule has 3 aromatic rings. The van der Waals surface area contributed by atoms with Crippen LogP contribution in [0.4, 0.5) is 5.69 Å². The topological polar surface area (TPSA) is 47.4 Å². The monoisotopic (exact) mass is 319 g/mol. The van der Waals surface area contributed by atoms with E-state index < -0.39 is 0 Å². The summed E-state index contributed by atoms with van der Waals surface area (Å²) < 4.78 is 7.55. The molecule has 0 saturated carbocycles. The third kappa shape index (κ3) is 2.54. The molecule has 1 amide bonds. The van der Waals surface area contributed by atoms with Gasteiger partial charge >= 0.3 is 0 Å². The molecule has 0 spiro atoms. The molecule has 120 valence electrons. The first kappa shape index (κ1) is 14.5. The Kier molecular flexibility index (Phi) is 3.54. The van der Waals surface area contributed by atoms with Crippen LogP contribution in [0.15, 0.2) is 61.1 Å². The number of benzene rings is 1. The first-order valence-corrected chi connectivity index (χ1v) is 7.87. The van der Waals surface area contributed by atoms with Gasteiger partial charge in [0.15, 0.2) is 0 Å². The Balaban J connectivity index is 1.71. The van der Waals surface area contributed by atoms with Gasteiger partial charge in [0.25, 0.3) is 5.91 Å². The molecule has 24 heavy (non-hydrogen) atoms. The van der Waals surface area contributed by atoms with Crippen molar-refractivity contribution in [1.29, 1.82) is 0 Å². The minimum atomic E-state index is -0.0408. The molecule has 0 aliphatic carbocycles. The molecule has 0 atom stereocenters. The number of anilines is 1. The predicted octanol–water partition coefficient (Wildman–Crippen LogP) is 3.22. The minimum Gasteiger partial charge on any atom is -0.474 e. The molecular weight excluding hydrogens is 302 g/mol. The number of hydrogen-bond donors (Lipinski definition) is 0. The Morgan fingerprint density at radius 1 is 1.17 bits per heavy atom. The Labute approximate surface area is 140 Å². The van der Waals surface area contributed by atoms with Crippen LogP contribution in [-0.4, -0.2) is 28.6 Å². The smallest absolute Gasteiger partial charge is 0.258 e.